The van der Waals surface area contributed by atoms with Crippen molar-refractivity contribution in [3.63, 3.8) is 0 Å². The van der Waals surface area contributed by atoms with E-state index in [1.54, 1.807) is 12.1 Å². The van der Waals surface area contributed by atoms with Crippen molar-refractivity contribution in [2.75, 3.05) is 0 Å². The van der Waals surface area contributed by atoms with Crippen molar-refractivity contribution in [3.8, 4) is 23.3 Å². The van der Waals surface area contributed by atoms with Gasteiger partial charge in [0, 0.05) is 28.9 Å². The monoisotopic (exact) mass is 458 g/mol. The molecular weight excluding hydrogens is 441 g/mol. The lowest BCUT2D eigenvalue weighted by molar-refractivity contribution is 0.116. The van der Waals surface area contributed by atoms with E-state index in [1.807, 2.05) is 48.0 Å². The first-order valence-electron chi connectivity index (χ1n) is 10.4. The van der Waals surface area contributed by atoms with Crippen LogP contribution in [0.3, 0.4) is 0 Å². The third-order valence-corrected chi connectivity index (χ3v) is 5.24. The lowest BCUT2D eigenvalue weighted by atomic mass is 10.1. The fourth-order valence-electron chi connectivity index (χ4n) is 3.62. The Hall–Kier alpha value is -4.38. The van der Waals surface area contributed by atoms with E-state index in [-0.39, 0.29) is 11.7 Å². The van der Waals surface area contributed by atoms with Crippen LogP contribution in [-0.2, 0) is 6.54 Å². The van der Waals surface area contributed by atoms with E-state index < -0.39 is 12.3 Å². The zero-order valence-electron chi connectivity index (χ0n) is 18.0. The molecule has 0 aliphatic rings. The number of alkyl halides is 2. The van der Waals surface area contributed by atoms with Crippen LogP contribution in [-0.4, -0.2) is 19.7 Å². The smallest absolute Gasteiger partial charge is 0.314 e. The molecule has 0 amide bonds. The Bertz CT molecular complexity index is 1540. The minimum Gasteiger partial charge on any atom is -0.415 e. The molecule has 0 aliphatic heterocycles. The van der Waals surface area contributed by atoms with Gasteiger partial charge in [0.2, 0.25) is 5.89 Å². The molecule has 0 saturated heterocycles. The van der Waals surface area contributed by atoms with Crippen LogP contribution in [0.15, 0.2) is 71.4 Å². The molecule has 168 valence electrons. The summed E-state index contributed by atoms with van der Waals surface area (Å²) in [5.74, 6) is 5.05. The van der Waals surface area contributed by atoms with E-state index in [4.69, 9.17) is 4.42 Å². The first kappa shape index (κ1) is 21.5. The summed E-state index contributed by atoms with van der Waals surface area (Å²) >= 11 is 0. The number of rotatable bonds is 4. The van der Waals surface area contributed by atoms with Crippen LogP contribution in [0, 0.1) is 24.6 Å². The molecule has 0 N–H and O–H groups in total. The second kappa shape index (κ2) is 8.87. The van der Waals surface area contributed by atoms with Crippen molar-refractivity contribution in [2.24, 2.45) is 0 Å². The van der Waals surface area contributed by atoms with Gasteiger partial charge in [-0.15, -0.1) is 10.2 Å². The third kappa shape index (κ3) is 4.41. The van der Waals surface area contributed by atoms with Gasteiger partial charge in [0.1, 0.15) is 5.82 Å². The predicted octanol–water partition coefficient (Wildman–Crippen LogP) is 5.92. The number of pyridine rings is 1. The summed E-state index contributed by atoms with van der Waals surface area (Å²) in [5, 5.41) is 7.78. The van der Waals surface area contributed by atoms with Crippen molar-refractivity contribution in [2.45, 2.75) is 19.9 Å². The van der Waals surface area contributed by atoms with Crippen molar-refractivity contribution < 1.29 is 17.6 Å². The van der Waals surface area contributed by atoms with Gasteiger partial charge in [-0.2, -0.15) is 8.78 Å². The number of aryl methyl sites for hydroxylation is 1. The average molecular weight is 458 g/mol. The Morgan fingerprint density at radius 1 is 1.03 bits per heavy atom. The molecule has 8 heteroatoms. The highest BCUT2D eigenvalue weighted by Gasteiger charge is 2.17. The number of aromatic nitrogens is 4. The quantitative estimate of drug-likeness (QED) is 0.314. The first-order valence-corrected chi connectivity index (χ1v) is 10.4. The minimum atomic E-state index is -2.83. The number of halogens is 3. The maximum absolute atomic E-state index is 14.4. The summed E-state index contributed by atoms with van der Waals surface area (Å²) < 4.78 is 46.5. The summed E-state index contributed by atoms with van der Waals surface area (Å²) in [6, 6.07) is 16.0. The van der Waals surface area contributed by atoms with Crippen LogP contribution in [0.25, 0.3) is 22.4 Å². The average Bonchev–Trinajstić information content (AvgIpc) is 3.46. The summed E-state index contributed by atoms with van der Waals surface area (Å²) in [6.45, 7) is 2.37. The number of hydrogen-bond donors (Lipinski definition) is 0. The molecule has 5 aromatic rings. The van der Waals surface area contributed by atoms with Gasteiger partial charge in [0.05, 0.1) is 23.3 Å². The van der Waals surface area contributed by atoms with Crippen LogP contribution >= 0.6 is 0 Å². The van der Waals surface area contributed by atoms with Gasteiger partial charge in [-0.05, 0) is 55.0 Å². The number of benzene rings is 2. The zero-order chi connectivity index (χ0) is 23.7. The van der Waals surface area contributed by atoms with E-state index in [1.165, 1.54) is 18.3 Å². The van der Waals surface area contributed by atoms with Gasteiger partial charge in [0.15, 0.2) is 0 Å². The highest BCUT2D eigenvalue weighted by atomic mass is 19.3. The van der Waals surface area contributed by atoms with Gasteiger partial charge in [0.25, 0.3) is 5.89 Å². The maximum Gasteiger partial charge on any atom is 0.314 e. The molecule has 0 spiro atoms. The van der Waals surface area contributed by atoms with Crippen LogP contribution in [0.2, 0.25) is 0 Å². The fraction of sp³-hybridized carbons (Fsp3) is 0.115. The lowest BCUT2D eigenvalue weighted by Crippen LogP contribution is -2.00. The minimum absolute atomic E-state index is 0.0281. The largest absolute Gasteiger partial charge is 0.415 e. The topological polar surface area (TPSA) is 56.7 Å². The number of fused-ring (bicyclic) bond motifs is 1. The molecule has 2 aromatic carbocycles. The first-order chi connectivity index (χ1) is 16.5. The van der Waals surface area contributed by atoms with Gasteiger partial charge in [-0.25, -0.2) is 4.39 Å². The maximum atomic E-state index is 14.4. The van der Waals surface area contributed by atoms with Crippen LogP contribution in [0.5, 0.6) is 0 Å². The van der Waals surface area contributed by atoms with E-state index in [2.05, 4.69) is 27.0 Å². The molecule has 3 heterocycles. The highest BCUT2D eigenvalue weighted by Crippen LogP contribution is 2.25. The molecule has 3 aromatic heterocycles. The van der Waals surface area contributed by atoms with Crippen molar-refractivity contribution in [1.82, 2.24) is 19.7 Å². The molecule has 0 atom stereocenters. The van der Waals surface area contributed by atoms with Crippen LogP contribution in [0.1, 0.15) is 34.7 Å². The molecule has 0 saturated carbocycles. The predicted molar refractivity (Wildman–Crippen MR) is 121 cm³/mol. The molecule has 0 aliphatic carbocycles. The number of hydrogen-bond acceptors (Lipinski definition) is 4. The normalized spacial score (nSPS) is 11.1. The molecule has 0 unspecified atom stereocenters. The van der Waals surface area contributed by atoms with E-state index in [9.17, 15) is 13.2 Å². The molecule has 5 nitrogen and oxygen atoms in total. The number of nitrogens with zero attached hydrogens (tertiary/aromatic N) is 4. The van der Waals surface area contributed by atoms with E-state index >= 15 is 0 Å². The van der Waals surface area contributed by atoms with Crippen molar-refractivity contribution in [1.29, 1.82) is 0 Å². The molecule has 5 rings (SSSR count). The van der Waals surface area contributed by atoms with Crippen molar-refractivity contribution in [3.05, 3.63) is 101 Å². The van der Waals surface area contributed by atoms with Gasteiger partial charge in [-0.3, -0.25) is 4.98 Å². The van der Waals surface area contributed by atoms with E-state index in [0.29, 0.717) is 28.9 Å². The van der Waals surface area contributed by atoms with Crippen LogP contribution < -0.4 is 0 Å². The molecule has 0 fully saturated rings. The molecule has 0 bridgehead atoms. The Morgan fingerprint density at radius 3 is 2.65 bits per heavy atom. The zero-order valence-corrected chi connectivity index (χ0v) is 18.0. The Labute approximate surface area is 192 Å². The Balaban J connectivity index is 1.41. The lowest BCUT2D eigenvalue weighted by Gasteiger charge is -2.06. The molecule has 0 radical (unpaired) electrons. The summed E-state index contributed by atoms with van der Waals surface area (Å²) in [7, 11) is 0. The van der Waals surface area contributed by atoms with Gasteiger partial charge >= 0.3 is 6.43 Å². The SMILES string of the molecule is Cc1cccc(C#Cc2cc(F)cc3c2ccn3Cc2ccc(-c3nnc(C(F)F)o3)cn2)c1. The van der Waals surface area contributed by atoms with Crippen LogP contribution in [0.4, 0.5) is 13.2 Å². The standard InChI is InChI=1S/C26H17F3N4O/c1-16-3-2-4-17(11-16)5-6-18-12-20(27)13-23-22(18)9-10-33(23)15-21-8-7-19(14-30-21)25-31-32-26(34-25)24(28)29/h2-4,7-14,24H,15H2,1H3. The van der Waals surface area contributed by atoms with Gasteiger partial charge in [-0.1, -0.05) is 24.0 Å². The summed E-state index contributed by atoms with van der Waals surface area (Å²) in [5.41, 5.74) is 4.38. The Kier molecular flexibility index (Phi) is 5.60. The highest BCUT2D eigenvalue weighted by molar-refractivity contribution is 5.86. The molecular formula is C26H17F3N4O. The summed E-state index contributed by atoms with van der Waals surface area (Å²) in [6.07, 6.45) is 0.496. The van der Waals surface area contributed by atoms with Gasteiger partial charge < -0.3 is 8.98 Å². The Morgan fingerprint density at radius 2 is 1.91 bits per heavy atom. The molecule has 34 heavy (non-hydrogen) atoms. The summed E-state index contributed by atoms with van der Waals surface area (Å²) in [4.78, 5) is 4.36. The third-order valence-electron chi connectivity index (χ3n) is 5.24. The van der Waals surface area contributed by atoms with E-state index in [0.717, 1.165) is 16.5 Å². The second-order valence-electron chi connectivity index (χ2n) is 7.73. The second-order valence-corrected chi connectivity index (χ2v) is 7.73. The fourth-order valence-corrected chi connectivity index (χ4v) is 3.62. The van der Waals surface area contributed by atoms with Crippen molar-refractivity contribution >= 4 is 10.9 Å².